The van der Waals surface area contributed by atoms with Crippen LogP contribution in [0.5, 0.6) is 0 Å². The van der Waals surface area contributed by atoms with E-state index in [1.807, 2.05) is 0 Å². The van der Waals surface area contributed by atoms with E-state index in [1.165, 1.54) is 30.3 Å². The van der Waals surface area contributed by atoms with E-state index in [9.17, 15) is 8.42 Å². The number of rotatable bonds is 3. The van der Waals surface area contributed by atoms with Gasteiger partial charge in [-0.25, -0.2) is 8.42 Å². The van der Waals surface area contributed by atoms with E-state index in [-0.39, 0.29) is 25.7 Å². The molecule has 0 aliphatic rings. The van der Waals surface area contributed by atoms with Gasteiger partial charge in [-0.05, 0) is 46.3 Å². The highest BCUT2D eigenvalue weighted by molar-refractivity contribution is 9.10. The summed E-state index contributed by atoms with van der Waals surface area (Å²) in [5, 5.41) is 0.970. The molecule has 0 bridgehead atoms. The SMILES string of the molecule is O=S(=O)(Nc1cc(Cl)c(Cl)cc1Cl)c1ccc(Cl)c(Br)c1. The number of nitrogens with one attached hydrogen (secondary N) is 1. The molecule has 0 aromatic heterocycles. The molecule has 0 spiro atoms. The molecule has 3 nitrogen and oxygen atoms in total. The van der Waals surface area contributed by atoms with Crippen LogP contribution in [0.2, 0.25) is 20.1 Å². The first-order valence-electron chi connectivity index (χ1n) is 5.33. The molecule has 2 rings (SSSR count). The molecule has 2 aromatic rings. The van der Waals surface area contributed by atoms with Gasteiger partial charge in [-0.1, -0.05) is 46.4 Å². The third-order valence-corrected chi connectivity index (χ3v) is 6.07. The number of anilines is 1. The Balaban J connectivity index is 2.42. The Bertz CT molecular complexity index is 811. The molecule has 0 saturated heterocycles. The van der Waals surface area contributed by atoms with Crippen LogP contribution in [0.3, 0.4) is 0 Å². The molecular formula is C12H6BrCl4NO2S. The van der Waals surface area contributed by atoms with Gasteiger partial charge in [-0.2, -0.15) is 0 Å². The number of halogens is 5. The lowest BCUT2D eigenvalue weighted by molar-refractivity contribution is 0.601. The van der Waals surface area contributed by atoms with Crippen LogP contribution in [0.25, 0.3) is 0 Å². The molecule has 0 unspecified atom stereocenters. The fourth-order valence-electron chi connectivity index (χ4n) is 1.45. The molecular weight excluding hydrogens is 444 g/mol. The van der Waals surface area contributed by atoms with Crippen LogP contribution in [0, 0.1) is 0 Å². The minimum atomic E-state index is -3.83. The van der Waals surface area contributed by atoms with Crippen molar-refractivity contribution in [1.82, 2.24) is 0 Å². The normalized spacial score (nSPS) is 11.5. The second-order valence-corrected chi connectivity index (χ2v) is 8.09. The van der Waals surface area contributed by atoms with E-state index < -0.39 is 10.0 Å². The van der Waals surface area contributed by atoms with Gasteiger partial charge in [0.15, 0.2) is 0 Å². The van der Waals surface area contributed by atoms with Gasteiger partial charge in [0, 0.05) is 4.47 Å². The summed E-state index contributed by atoms with van der Waals surface area (Å²) < 4.78 is 27.4. The van der Waals surface area contributed by atoms with Crippen molar-refractivity contribution in [1.29, 1.82) is 0 Å². The summed E-state index contributed by atoms with van der Waals surface area (Å²) >= 11 is 26.6. The fourth-order valence-corrected chi connectivity index (χ4v) is 3.84. The average molecular weight is 450 g/mol. The average Bonchev–Trinajstić information content (AvgIpc) is 2.39. The summed E-state index contributed by atoms with van der Waals surface area (Å²) in [7, 11) is -3.83. The van der Waals surface area contributed by atoms with Crippen molar-refractivity contribution < 1.29 is 8.42 Å². The zero-order chi connectivity index (χ0) is 15.8. The van der Waals surface area contributed by atoms with Crippen LogP contribution in [0.15, 0.2) is 39.7 Å². The van der Waals surface area contributed by atoms with Gasteiger partial charge in [0.05, 0.1) is 30.7 Å². The Morgan fingerprint density at radius 2 is 1.48 bits per heavy atom. The van der Waals surface area contributed by atoms with Gasteiger partial charge in [-0.15, -0.1) is 0 Å². The predicted octanol–water partition coefficient (Wildman–Crippen LogP) is 5.86. The van der Waals surface area contributed by atoms with E-state index in [0.29, 0.717) is 9.50 Å². The predicted molar refractivity (Wildman–Crippen MR) is 91.4 cm³/mol. The van der Waals surface area contributed by atoms with Crippen molar-refractivity contribution in [2.24, 2.45) is 0 Å². The molecule has 9 heteroatoms. The first-order chi connectivity index (χ1) is 9.70. The van der Waals surface area contributed by atoms with E-state index in [1.54, 1.807) is 0 Å². The number of hydrogen-bond donors (Lipinski definition) is 1. The van der Waals surface area contributed by atoms with Crippen molar-refractivity contribution in [2.75, 3.05) is 4.72 Å². The Labute approximate surface area is 150 Å². The second-order valence-electron chi connectivity index (χ2n) is 3.93. The second kappa shape index (κ2) is 6.52. The topological polar surface area (TPSA) is 46.2 Å². The van der Waals surface area contributed by atoms with E-state index in [4.69, 9.17) is 46.4 Å². The maximum atomic E-state index is 12.3. The first-order valence-corrected chi connectivity index (χ1v) is 9.12. The van der Waals surface area contributed by atoms with Crippen molar-refractivity contribution >= 4 is 78.0 Å². The first kappa shape index (κ1) is 17.2. The van der Waals surface area contributed by atoms with Gasteiger partial charge in [0.25, 0.3) is 10.0 Å². The van der Waals surface area contributed by atoms with Gasteiger partial charge in [0.2, 0.25) is 0 Å². The van der Waals surface area contributed by atoms with Gasteiger partial charge < -0.3 is 0 Å². The van der Waals surface area contributed by atoms with Crippen LogP contribution in [-0.2, 0) is 10.0 Å². The summed E-state index contributed by atoms with van der Waals surface area (Å²) in [5.41, 5.74) is 0.136. The standard InChI is InChI=1S/C12H6BrCl4NO2S/c13-7-3-6(1-2-8(7)14)21(19,20)18-12-5-10(16)9(15)4-11(12)17/h1-5,18H. The summed E-state index contributed by atoms with van der Waals surface area (Å²) in [5.74, 6) is 0. The summed E-state index contributed by atoms with van der Waals surface area (Å²) in [6, 6.07) is 6.93. The summed E-state index contributed by atoms with van der Waals surface area (Å²) in [4.78, 5) is 0.0286. The van der Waals surface area contributed by atoms with Crippen LogP contribution in [0.4, 0.5) is 5.69 Å². The quantitative estimate of drug-likeness (QED) is 0.596. The molecule has 0 saturated carbocycles. The molecule has 112 valence electrons. The molecule has 0 aliphatic carbocycles. The maximum absolute atomic E-state index is 12.3. The highest BCUT2D eigenvalue weighted by atomic mass is 79.9. The van der Waals surface area contributed by atoms with Crippen LogP contribution in [0.1, 0.15) is 0 Å². The van der Waals surface area contributed by atoms with Crippen molar-refractivity contribution in [3.05, 3.63) is 54.9 Å². The fraction of sp³-hybridized carbons (Fsp3) is 0. The highest BCUT2D eigenvalue weighted by Gasteiger charge is 2.18. The molecule has 0 aliphatic heterocycles. The number of hydrogen-bond acceptors (Lipinski definition) is 2. The molecule has 0 radical (unpaired) electrons. The van der Waals surface area contributed by atoms with Crippen molar-refractivity contribution in [3.63, 3.8) is 0 Å². The van der Waals surface area contributed by atoms with E-state index >= 15 is 0 Å². The smallest absolute Gasteiger partial charge is 0.261 e. The van der Waals surface area contributed by atoms with Crippen molar-refractivity contribution in [3.8, 4) is 0 Å². The molecule has 1 N–H and O–H groups in total. The van der Waals surface area contributed by atoms with Crippen LogP contribution in [-0.4, -0.2) is 8.42 Å². The van der Waals surface area contributed by atoms with Gasteiger partial charge >= 0.3 is 0 Å². The summed E-state index contributed by atoms with van der Waals surface area (Å²) in [6.07, 6.45) is 0. The molecule has 0 atom stereocenters. The lowest BCUT2D eigenvalue weighted by Crippen LogP contribution is -2.13. The third kappa shape index (κ3) is 3.97. The molecule has 0 heterocycles. The third-order valence-electron chi connectivity index (χ3n) is 2.46. The Hall–Kier alpha value is -0.170. The minimum absolute atomic E-state index is 0.0286. The Morgan fingerprint density at radius 1 is 0.857 bits per heavy atom. The molecule has 0 fully saturated rings. The Kier molecular flexibility index (Phi) is 5.34. The zero-order valence-electron chi connectivity index (χ0n) is 10.0. The van der Waals surface area contributed by atoms with Crippen LogP contribution >= 0.6 is 62.3 Å². The van der Waals surface area contributed by atoms with Gasteiger partial charge in [0.1, 0.15) is 0 Å². The minimum Gasteiger partial charge on any atom is -0.278 e. The molecule has 0 amide bonds. The molecule has 2 aromatic carbocycles. The lowest BCUT2D eigenvalue weighted by Gasteiger charge is -2.11. The van der Waals surface area contributed by atoms with Gasteiger partial charge in [-0.3, -0.25) is 4.72 Å². The monoisotopic (exact) mass is 447 g/mol. The number of sulfonamides is 1. The molecule has 21 heavy (non-hydrogen) atoms. The largest absolute Gasteiger partial charge is 0.278 e. The van der Waals surface area contributed by atoms with Crippen molar-refractivity contribution in [2.45, 2.75) is 4.90 Å². The maximum Gasteiger partial charge on any atom is 0.261 e. The van der Waals surface area contributed by atoms with E-state index in [0.717, 1.165) is 0 Å². The zero-order valence-corrected chi connectivity index (χ0v) is 15.4. The van der Waals surface area contributed by atoms with Crippen LogP contribution < -0.4 is 4.72 Å². The number of benzene rings is 2. The Morgan fingerprint density at radius 3 is 2.10 bits per heavy atom. The summed E-state index contributed by atoms with van der Waals surface area (Å²) in [6.45, 7) is 0. The lowest BCUT2D eigenvalue weighted by atomic mass is 10.3. The highest BCUT2D eigenvalue weighted by Crippen LogP contribution is 2.34. The van der Waals surface area contributed by atoms with E-state index in [2.05, 4.69) is 20.7 Å².